The summed E-state index contributed by atoms with van der Waals surface area (Å²) in [7, 11) is 0. The van der Waals surface area contributed by atoms with Crippen LogP contribution in [0, 0.1) is 0 Å². The summed E-state index contributed by atoms with van der Waals surface area (Å²) in [6.07, 6.45) is 1.96. The van der Waals surface area contributed by atoms with Gasteiger partial charge in [-0.15, -0.1) is 0 Å². The van der Waals surface area contributed by atoms with Gasteiger partial charge >= 0.3 is 0 Å². The quantitative estimate of drug-likeness (QED) is 0.332. The van der Waals surface area contributed by atoms with Crippen molar-refractivity contribution < 1.29 is 4.68 Å². The Morgan fingerprint density at radius 1 is 0.800 bits per heavy atom. The lowest BCUT2D eigenvalue weighted by Crippen LogP contribution is -2.44. The fraction of sp³-hybridized carbons (Fsp3) is 0. The maximum atomic E-state index is 5.94. The first-order valence-corrected chi connectivity index (χ1v) is 4.93. The maximum Gasteiger partial charge on any atom is 0.242 e. The van der Waals surface area contributed by atoms with Crippen molar-refractivity contribution in [1.29, 1.82) is 0 Å². The average Bonchev–Trinajstić information content (AvgIpc) is 2.30. The van der Waals surface area contributed by atoms with Gasteiger partial charge in [0.05, 0.1) is 5.39 Å². The number of nitrogens with zero attached hydrogens (tertiary/aromatic N) is 1. The van der Waals surface area contributed by atoms with Crippen LogP contribution in [-0.4, -0.2) is 0 Å². The highest BCUT2D eigenvalue weighted by Crippen LogP contribution is 2.20. The number of hydrogen-bond acceptors (Lipinski definition) is 1. The molecule has 0 saturated heterocycles. The third-order valence-electron chi connectivity index (χ3n) is 2.71. The monoisotopic (exact) mass is 195 g/mol. The van der Waals surface area contributed by atoms with Crippen molar-refractivity contribution in [2.24, 2.45) is 0 Å². The predicted molar refractivity (Wildman–Crippen MR) is 61.8 cm³/mol. The molecule has 0 spiro atoms. The van der Waals surface area contributed by atoms with Crippen molar-refractivity contribution in [1.82, 2.24) is 0 Å². The molecule has 2 N–H and O–H groups in total. The van der Waals surface area contributed by atoms with E-state index in [0.717, 1.165) is 5.52 Å². The Hall–Kier alpha value is -2.09. The minimum absolute atomic E-state index is 1.05. The number of nitrogens with two attached hydrogens (primary N) is 1. The molecule has 0 aliphatic carbocycles. The molecular formula is C13H11N2+. The summed E-state index contributed by atoms with van der Waals surface area (Å²) in [5, 5.41) is 3.60. The Labute approximate surface area is 87.5 Å². The number of pyridine rings is 1. The van der Waals surface area contributed by atoms with Crippen LogP contribution in [0.25, 0.3) is 21.7 Å². The third-order valence-corrected chi connectivity index (χ3v) is 2.71. The van der Waals surface area contributed by atoms with Gasteiger partial charge < -0.3 is 0 Å². The van der Waals surface area contributed by atoms with E-state index in [9.17, 15) is 0 Å². The smallest absolute Gasteiger partial charge is 0.205 e. The molecule has 0 fully saturated rings. The lowest BCUT2D eigenvalue weighted by molar-refractivity contribution is -0.609. The highest BCUT2D eigenvalue weighted by Gasteiger charge is 2.09. The Kier molecular flexibility index (Phi) is 1.62. The largest absolute Gasteiger partial charge is 0.242 e. The highest BCUT2D eigenvalue weighted by atomic mass is 15.3. The molecule has 15 heavy (non-hydrogen) atoms. The van der Waals surface area contributed by atoms with Crippen molar-refractivity contribution in [2.75, 3.05) is 5.84 Å². The molecule has 3 rings (SSSR count). The molecule has 0 aliphatic heterocycles. The van der Waals surface area contributed by atoms with Gasteiger partial charge in [0.15, 0.2) is 0 Å². The van der Waals surface area contributed by atoms with Gasteiger partial charge in [-0.25, -0.2) is 5.84 Å². The van der Waals surface area contributed by atoms with Crippen LogP contribution in [0.2, 0.25) is 0 Å². The molecule has 0 radical (unpaired) electrons. The predicted octanol–water partition coefficient (Wildman–Crippen LogP) is 1.99. The zero-order valence-corrected chi connectivity index (χ0v) is 8.22. The number of para-hydroxylation sites is 1. The second-order valence-electron chi connectivity index (χ2n) is 3.64. The van der Waals surface area contributed by atoms with E-state index in [0.29, 0.717) is 0 Å². The van der Waals surface area contributed by atoms with E-state index in [1.807, 2.05) is 30.5 Å². The molecule has 72 valence electrons. The first-order chi connectivity index (χ1) is 7.36. The van der Waals surface area contributed by atoms with Gasteiger partial charge in [-0.2, -0.15) is 0 Å². The SMILES string of the molecule is N[n+]1cc2ccccc2c2ccccc21. The van der Waals surface area contributed by atoms with Crippen LogP contribution in [0.5, 0.6) is 0 Å². The van der Waals surface area contributed by atoms with Crippen molar-refractivity contribution in [3.05, 3.63) is 54.7 Å². The Morgan fingerprint density at radius 3 is 2.33 bits per heavy atom. The molecule has 0 amide bonds. The van der Waals surface area contributed by atoms with Crippen LogP contribution in [0.1, 0.15) is 0 Å². The number of nitrogen functional groups attached to an aromatic ring is 1. The zero-order chi connectivity index (χ0) is 10.3. The lowest BCUT2D eigenvalue weighted by Gasteiger charge is -2.00. The lowest BCUT2D eigenvalue weighted by atomic mass is 10.1. The number of fused-ring (bicyclic) bond motifs is 3. The summed E-state index contributed by atoms with van der Waals surface area (Å²) >= 11 is 0. The number of rotatable bonds is 0. The normalized spacial score (nSPS) is 10.9. The molecule has 3 aromatic rings. The van der Waals surface area contributed by atoms with Crippen LogP contribution in [0.4, 0.5) is 0 Å². The molecule has 2 heteroatoms. The van der Waals surface area contributed by atoms with Crippen LogP contribution >= 0.6 is 0 Å². The molecule has 0 atom stereocenters. The second kappa shape index (κ2) is 2.95. The summed E-state index contributed by atoms with van der Waals surface area (Å²) < 4.78 is 1.68. The van der Waals surface area contributed by atoms with Crippen LogP contribution in [0.15, 0.2) is 54.7 Å². The van der Waals surface area contributed by atoms with Crippen molar-refractivity contribution in [3.63, 3.8) is 0 Å². The van der Waals surface area contributed by atoms with Crippen LogP contribution < -0.4 is 10.5 Å². The van der Waals surface area contributed by atoms with Crippen molar-refractivity contribution in [3.8, 4) is 0 Å². The standard InChI is InChI=1S/C13H11N2/c14-15-9-10-5-1-2-6-11(10)12-7-3-4-8-13(12)15/h1-9H,14H2/q+1. The molecule has 2 nitrogen and oxygen atoms in total. The topological polar surface area (TPSA) is 29.9 Å². The fourth-order valence-corrected chi connectivity index (χ4v) is 2.00. The summed E-state index contributed by atoms with van der Waals surface area (Å²) in [6, 6.07) is 16.4. The first kappa shape index (κ1) is 8.24. The van der Waals surface area contributed by atoms with Crippen molar-refractivity contribution in [2.45, 2.75) is 0 Å². The molecule has 2 aromatic carbocycles. The minimum Gasteiger partial charge on any atom is -0.205 e. The molecule has 0 unspecified atom stereocenters. The Morgan fingerprint density at radius 2 is 1.47 bits per heavy atom. The van der Waals surface area contributed by atoms with E-state index in [1.165, 1.54) is 16.2 Å². The number of benzene rings is 2. The summed E-state index contributed by atoms with van der Waals surface area (Å²) in [5.41, 5.74) is 1.05. The van der Waals surface area contributed by atoms with E-state index in [4.69, 9.17) is 5.84 Å². The first-order valence-electron chi connectivity index (χ1n) is 4.93. The molecule has 0 aliphatic rings. The fourth-order valence-electron chi connectivity index (χ4n) is 2.00. The van der Waals surface area contributed by atoms with Gasteiger partial charge in [0.1, 0.15) is 0 Å². The highest BCUT2D eigenvalue weighted by molar-refractivity contribution is 6.03. The molecule has 1 heterocycles. The Bertz CT molecular complexity index is 644. The Balaban J connectivity index is 2.64. The van der Waals surface area contributed by atoms with Gasteiger partial charge in [0.25, 0.3) is 0 Å². The number of hydrogen-bond donors (Lipinski definition) is 1. The molecule has 0 saturated carbocycles. The number of aromatic nitrogens is 1. The average molecular weight is 195 g/mol. The van der Waals surface area contributed by atoms with Crippen LogP contribution in [-0.2, 0) is 0 Å². The maximum absolute atomic E-state index is 5.94. The van der Waals surface area contributed by atoms with Crippen molar-refractivity contribution >= 4 is 21.7 Å². The minimum atomic E-state index is 1.05. The zero-order valence-electron chi connectivity index (χ0n) is 8.22. The molecule has 0 bridgehead atoms. The van der Waals surface area contributed by atoms with E-state index in [-0.39, 0.29) is 0 Å². The summed E-state index contributed by atoms with van der Waals surface area (Å²) in [6.45, 7) is 0. The van der Waals surface area contributed by atoms with E-state index < -0.39 is 0 Å². The third kappa shape index (κ3) is 1.15. The second-order valence-corrected chi connectivity index (χ2v) is 3.64. The van der Waals surface area contributed by atoms with Gasteiger partial charge in [0, 0.05) is 16.8 Å². The van der Waals surface area contributed by atoms with E-state index in [2.05, 4.69) is 24.3 Å². The van der Waals surface area contributed by atoms with Gasteiger partial charge in [0.2, 0.25) is 11.7 Å². The van der Waals surface area contributed by atoms with Gasteiger partial charge in [-0.1, -0.05) is 35.0 Å². The van der Waals surface area contributed by atoms with E-state index >= 15 is 0 Å². The molecular weight excluding hydrogens is 184 g/mol. The molecule has 1 aromatic heterocycles. The van der Waals surface area contributed by atoms with Crippen LogP contribution in [0.3, 0.4) is 0 Å². The van der Waals surface area contributed by atoms with Gasteiger partial charge in [-0.05, 0) is 12.1 Å². The van der Waals surface area contributed by atoms with Gasteiger partial charge in [-0.3, -0.25) is 0 Å². The summed E-state index contributed by atoms with van der Waals surface area (Å²) in [4.78, 5) is 0. The summed E-state index contributed by atoms with van der Waals surface area (Å²) in [5.74, 6) is 5.94. The van der Waals surface area contributed by atoms with E-state index in [1.54, 1.807) is 4.68 Å².